The van der Waals surface area contributed by atoms with E-state index in [1.54, 1.807) is 35.8 Å². The molecule has 0 radical (unpaired) electrons. The number of carboxylic acids is 2. The van der Waals surface area contributed by atoms with Crippen molar-refractivity contribution in [1.29, 1.82) is 0 Å². The molecule has 0 aliphatic heterocycles. The lowest BCUT2D eigenvalue weighted by Crippen LogP contribution is -2.38. The Morgan fingerprint density at radius 2 is 1.80 bits per heavy atom. The maximum absolute atomic E-state index is 13.0. The standard InChI is InChI=1S/C18H16N6O4.C2HF3O2/c1-22-14-9-20-5-4-11(14)16(25)24(18(22)28)13-3-2-10(8-12(19)17(26)27)23-7-6-21-15(13)23;3-2(4,5)1(6)7/h2-7,9,12H,8,19H2,1H3,(H,26,27);(H,6,7)/t12-;/m0./s1. The summed E-state index contributed by atoms with van der Waals surface area (Å²) < 4.78 is 35.8. The molecule has 0 bridgehead atoms. The van der Waals surface area contributed by atoms with E-state index in [0.717, 1.165) is 4.57 Å². The molecule has 1 atom stereocenters. The molecule has 35 heavy (non-hydrogen) atoms. The van der Waals surface area contributed by atoms with Gasteiger partial charge in [0.25, 0.3) is 5.56 Å². The average molecular weight is 494 g/mol. The number of carboxylic acid groups (broad SMARTS) is 2. The Balaban J connectivity index is 0.000000429. The maximum atomic E-state index is 13.0. The zero-order valence-corrected chi connectivity index (χ0v) is 17.8. The van der Waals surface area contributed by atoms with E-state index < -0.39 is 35.4 Å². The topological polar surface area (TPSA) is 175 Å². The van der Waals surface area contributed by atoms with E-state index in [1.165, 1.54) is 23.2 Å². The van der Waals surface area contributed by atoms with Gasteiger partial charge in [-0.05, 0) is 18.2 Å². The van der Waals surface area contributed by atoms with E-state index in [0.29, 0.717) is 27.9 Å². The van der Waals surface area contributed by atoms with Crippen molar-refractivity contribution in [2.75, 3.05) is 0 Å². The highest BCUT2D eigenvalue weighted by atomic mass is 19.4. The summed E-state index contributed by atoms with van der Waals surface area (Å²) >= 11 is 0. The van der Waals surface area contributed by atoms with E-state index >= 15 is 0 Å². The summed E-state index contributed by atoms with van der Waals surface area (Å²) in [5.41, 5.74) is 6.29. The van der Waals surface area contributed by atoms with Gasteiger partial charge in [0, 0.05) is 37.8 Å². The molecule has 4 aromatic heterocycles. The van der Waals surface area contributed by atoms with Crippen LogP contribution in [0.2, 0.25) is 0 Å². The summed E-state index contributed by atoms with van der Waals surface area (Å²) in [5.74, 6) is -3.88. The number of hydrogen-bond acceptors (Lipinski definition) is 7. The fourth-order valence-corrected chi connectivity index (χ4v) is 3.22. The molecule has 0 aliphatic carbocycles. The summed E-state index contributed by atoms with van der Waals surface area (Å²) in [7, 11) is 1.56. The lowest BCUT2D eigenvalue weighted by Gasteiger charge is -2.14. The molecule has 4 rings (SSSR count). The molecule has 4 aromatic rings. The van der Waals surface area contributed by atoms with Crippen LogP contribution < -0.4 is 17.0 Å². The highest BCUT2D eigenvalue weighted by Crippen LogP contribution is 2.17. The van der Waals surface area contributed by atoms with E-state index in [2.05, 4.69) is 9.97 Å². The second kappa shape index (κ2) is 9.38. The fraction of sp³-hybridized carbons (Fsp3) is 0.200. The summed E-state index contributed by atoms with van der Waals surface area (Å²) in [6.07, 6.45) is 1.07. The van der Waals surface area contributed by atoms with Crippen LogP contribution in [0.4, 0.5) is 13.2 Å². The van der Waals surface area contributed by atoms with Crippen molar-refractivity contribution in [1.82, 2.24) is 23.5 Å². The van der Waals surface area contributed by atoms with Crippen LogP contribution >= 0.6 is 0 Å². The van der Waals surface area contributed by atoms with E-state index in [4.69, 9.17) is 20.7 Å². The van der Waals surface area contributed by atoms with Gasteiger partial charge >= 0.3 is 23.8 Å². The van der Waals surface area contributed by atoms with Gasteiger partial charge in [-0.1, -0.05) is 0 Å². The number of imidazole rings is 1. The lowest BCUT2D eigenvalue weighted by molar-refractivity contribution is -0.192. The monoisotopic (exact) mass is 494 g/mol. The molecule has 4 N–H and O–H groups in total. The smallest absolute Gasteiger partial charge is 0.480 e. The molecule has 0 spiro atoms. The predicted molar refractivity (Wildman–Crippen MR) is 114 cm³/mol. The van der Waals surface area contributed by atoms with Crippen molar-refractivity contribution < 1.29 is 33.0 Å². The van der Waals surface area contributed by atoms with E-state index in [-0.39, 0.29) is 6.42 Å². The number of pyridine rings is 2. The molecule has 0 aromatic carbocycles. The number of fused-ring (bicyclic) bond motifs is 2. The molecular formula is C20H17F3N6O6. The van der Waals surface area contributed by atoms with Gasteiger partial charge in [0.1, 0.15) is 6.04 Å². The number of alkyl halides is 3. The normalized spacial score (nSPS) is 12.3. The Kier molecular flexibility index (Phi) is 6.72. The number of nitrogens with two attached hydrogens (primary N) is 1. The quantitative estimate of drug-likeness (QED) is 0.361. The summed E-state index contributed by atoms with van der Waals surface area (Å²) in [5, 5.41) is 16.5. The average Bonchev–Trinajstić information content (AvgIpc) is 3.29. The zero-order chi connectivity index (χ0) is 26.1. The van der Waals surface area contributed by atoms with E-state index in [1.807, 2.05) is 0 Å². The first-order chi connectivity index (χ1) is 16.3. The van der Waals surface area contributed by atoms with Crippen LogP contribution in [0, 0.1) is 0 Å². The third-order valence-corrected chi connectivity index (χ3v) is 4.92. The Bertz CT molecular complexity index is 1560. The number of aliphatic carboxylic acids is 2. The molecule has 0 unspecified atom stereocenters. The SMILES string of the molecule is Cn1c(=O)n(-c2ccc(C[C@H](N)C(=O)O)n3ccnc23)c(=O)c2ccncc21.O=C(O)C(F)(F)F. The molecule has 0 fully saturated rings. The minimum absolute atomic E-state index is 0.0682. The molecular weight excluding hydrogens is 477 g/mol. The van der Waals surface area contributed by atoms with Gasteiger partial charge in [-0.25, -0.2) is 19.1 Å². The minimum atomic E-state index is -5.08. The largest absolute Gasteiger partial charge is 0.490 e. The molecule has 15 heteroatoms. The second-order valence-electron chi connectivity index (χ2n) is 7.16. The Morgan fingerprint density at radius 3 is 2.40 bits per heavy atom. The van der Waals surface area contributed by atoms with Crippen LogP contribution in [0.25, 0.3) is 22.2 Å². The van der Waals surface area contributed by atoms with Crippen LogP contribution in [0.5, 0.6) is 0 Å². The molecule has 184 valence electrons. The lowest BCUT2D eigenvalue weighted by atomic mass is 10.1. The van der Waals surface area contributed by atoms with Gasteiger partial charge in [0.05, 0.1) is 22.8 Å². The fourth-order valence-electron chi connectivity index (χ4n) is 3.22. The third kappa shape index (κ3) is 4.89. The van der Waals surface area contributed by atoms with Gasteiger partial charge < -0.3 is 20.3 Å². The summed E-state index contributed by atoms with van der Waals surface area (Å²) in [4.78, 5) is 54.1. The van der Waals surface area contributed by atoms with Gasteiger partial charge in [0.15, 0.2) is 5.65 Å². The third-order valence-electron chi connectivity index (χ3n) is 4.92. The van der Waals surface area contributed by atoms with Crippen LogP contribution in [0.3, 0.4) is 0 Å². The van der Waals surface area contributed by atoms with Crippen molar-refractivity contribution >= 4 is 28.5 Å². The Morgan fingerprint density at radius 1 is 1.14 bits per heavy atom. The van der Waals surface area contributed by atoms with Crippen LogP contribution in [0.1, 0.15) is 5.69 Å². The maximum Gasteiger partial charge on any atom is 0.490 e. The Hall–Kier alpha value is -4.53. The van der Waals surface area contributed by atoms with Gasteiger partial charge in [-0.2, -0.15) is 13.2 Å². The van der Waals surface area contributed by atoms with Crippen LogP contribution in [0.15, 0.2) is 52.6 Å². The van der Waals surface area contributed by atoms with Gasteiger partial charge in [-0.15, -0.1) is 0 Å². The number of halogens is 3. The molecule has 12 nitrogen and oxygen atoms in total. The second-order valence-corrected chi connectivity index (χ2v) is 7.16. The highest BCUT2D eigenvalue weighted by Gasteiger charge is 2.38. The number of hydrogen-bond donors (Lipinski definition) is 3. The van der Waals surface area contributed by atoms with Crippen LogP contribution in [-0.2, 0) is 23.1 Å². The first-order valence-corrected chi connectivity index (χ1v) is 9.64. The van der Waals surface area contributed by atoms with E-state index in [9.17, 15) is 27.6 Å². The molecule has 0 aliphatic rings. The van der Waals surface area contributed by atoms with Gasteiger partial charge in [-0.3, -0.25) is 19.1 Å². The van der Waals surface area contributed by atoms with Crippen molar-refractivity contribution in [3.8, 4) is 5.69 Å². The summed E-state index contributed by atoms with van der Waals surface area (Å²) in [6.45, 7) is 0. The van der Waals surface area contributed by atoms with Crippen LogP contribution in [-0.4, -0.2) is 57.9 Å². The first-order valence-electron chi connectivity index (χ1n) is 9.64. The molecule has 0 saturated heterocycles. The first kappa shape index (κ1) is 25.1. The number of nitrogens with zero attached hydrogens (tertiary/aromatic N) is 5. The minimum Gasteiger partial charge on any atom is -0.480 e. The number of aromatic nitrogens is 5. The number of rotatable bonds is 4. The number of carbonyl (C=O) groups is 2. The number of aryl methyl sites for hydroxylation is 1. The van der Waals surface area contributed by atoms with Crippen molar-refractivity contribution in [3.63, 3.8) is 0 Å². The zero-order valence-electron chi connectivity index (χ0n) is 17.8. The highest BCUT2D eigenvalue weighted by molar-refractivity contribution is 5.77. The predicted octanol–water partition coefficient (Wildman–Crippen LogP) is 0.320. The van der Waals surface area contributed by atoms with Crippen molar-refractivity contribution in [3.05, 3.63) is 69.5 Å². The molecule has 4 heterocycles. The molecule has 0 amide bonds. The molecule has 0 saturated carbocycles. The van der Waals surface area contributed by atoms with Gasteiger partial charge in [0.2, 0.25) is 0 Å². The van der Waals surface area contributed by atoms with Crippen molar-refractivity contribution in [2.45, 2.75) is 18.6 Å². The van der Waals surface area contributed by atoms with Crippen molar-refractivity contribution in [2.24, 2.45) is 12.8 Å². The summed E-state index contributed by atoms with van der Waals surface area (Å²) in [6, 6.07) is 3.67. The Labute approximate surface area is 192 Å².